The normalized spacial score (nSPS) is 12.3. The average molecular weight is 287 g/mol. The van der Waals surface area contributed by atoms with Crippen LogP contribution < -0.4 is 10.6 Å². The summed E-state index contributed by atoms with van der Waals surface area (Å²) in [7, 11) is 0. The summed E-state index contributed by atoms with van der Waals surface area (Å²) < 4.78 is 0.682. The third-order valence-corrected chi connectivity index (χ3v) is 2.26. The SMILES string of the molecule is CC(C)NC(=O)C(C)Nc1cc(Br)ncn1. The molecule has 1 unspecified atom stereocenters. The number of carbonyl (C=O) groups excluding carboxylic acids is 1. The smallest absolute Gasteiger partial charge is 0.242 e. The zero-order chi connectivity index (χ0) is 12.1. The highest BCUT2D eigenvalue weighted by atomic mass is 79.9. The lowest BCUT2D eigenvalue weighted by atomic mass is 10.3. The van der Waals surface area contributed by atoms with Gasteiger partial charge in [-0.2, -0.15) is 0 Å². The predicted octanol–water partition coefficient (Wildman–Crippen LogP) is 1.56. The molecule has 1 amide bonds. The van der Waals surface area contributed by atoms with E-state index in [4.69, 9.17) is 0 Å². The van der Waals surface area contributed by atoms with Gasteiger partial charge in [-0.25, -0.2) is 9.97 Å². The molecule has 0 fully saturated rings. The Balaban J connectivity index is 2.57. The number of hydrogen-bond acceptors (Lipinski definition) is 4. The second kappa shape index (κ2) is 5.79. The quantitative estimate of drug-likeness (QED) is 0.825. The molecule has 5 nitrogen and oxygen atoms in total. The minimum absolute atomic E-state index is 0.0512. The second-order valence-corrected chi connectivity index (χ2v) is 4.57. The van der Waals surface area contributed by atoms with E-state index in [1.165, 1.54) is 6.33 Å². The minimum Gasteiger partial charge on any atom is -0.358 e. The molecule has 88 valence electrons. The molecule has 6 heteroatoms. The lowest BCUT2D eigenvalue weighted by Crippen LogP contribution is -2.41. The Labute approximate surface area is 103 Å². The Bertz CT molecular complexity index is 370. The molecule has 0 aliphatic rings. The molecule has 1 aromatic rings. The molecule has 16 heavy (non-hydrogen) atoms. The molecule has 0 saturated heterocycles. The summed E-state index contributed by atoms with van der Waals surface area (Å²) in [5, 5.41) is 5.82. The van der Waals surface area contributed by atoms with Crippen molar-refractivity contribution in [2.24, 2.45) is 0 Å². The van der Waals surface area contributed by atoms with Gasteiger partial charge in [-0.15, -0.1) is 0 Å². The number of aromatic nitrogens is 2. The molecule has 1 rings (SSSR count). The van der Waals surface area contributed by atoms with Crippen molar-refractivity contribution in [2.75, 3.05) is 5.32 Å². The molecule has 0 aromatic carbocycles. The first-order valence-electron chi connectivity index (χ1n) is 5.03. The Morgan fingerprint density at radius 1 is 1.38 bits per heavy atom. The number of nitrogens with zero attached hydrogens (tertiary/aromatic N) is 2. The monoisotopic (exact) mass is 286 g/mol. The minimum atomic E-state index is -0.329. The number of rotatable bonds is 4. The summed E-state index contributed by atoms with van der Waals surface area (Å²) in [6.45, 7) is 5.63. The summed E-state index contributed by atoms with van der Waals surface area (Å²) >= 11 is 3.24. The molecule has 0 bridgehead atoms. The number of hydrogen-bond donors (Lipinski definition) is 2. The standard InChI is InChI=1S/C10H15BrN4O/c1-6(2)14-10(16)7(3)15-9-4-8(11)12-5-13-9/h4-7H,1-3H3,(H,14,16)(H,12,13,15). The van der Waals surface area contributed by atoms with Crippen LogP contribution in [0.2, 0.25) is 0 Å². The van der Waals surface area contributed by atoms with Crippen molar-refractivity contribution < 1.29 is 4.79 Å². The van der Waals surface area contributed by atoms with Gasteiger partial charge in [0.15, 0.2) is 0 Å². The van der Waals surface area contributed by atoms with Crippen molar-refractivity contribution in [3.8, 4) is 0 Å². The topological polar surface area (TPSA) is 66.9 Å². The van der Waals surface area contributed by atoms with Gasteiger partial charge in [-0.1, -0.05) is 0 Å². The van der Waals surface area contributed by atoms with E-state index >= 15 is 0 Å². The molecule has 1 aromatic heterocycles. The lowest BCUT2D eigenvalue weighted by Gasteiger charge is -2.16. The highest BCUT2D eigenvalue weighted by molar-refractivity contribution is 9.10. The van der Waals surface area contributed by atoms with Crippen LogP contribution in [0.1, 0.15) is 20.8 Å². The van der Waals surface area contributed by atoms with Gasteiger partial charge in [-0.05, 0) is 36.7 Å². The molecule has 0 radical (unpaired) electrons. The highest BCUT2D eigenvalue weighted by Crippen LogP contribution is 2.10. The molecule has 1 atom stereocenters. The summed E-state index contributed by atoms with van der Waals surface area (Å²) in [6.07, 6.45) is 1.43. The fourth-order valence-electron chi connectivity index (χ4n) is 1.11. The molecule has 1 heterocycles. The van der Waals surface area contributed by atoms with Crippen LogP contribution in [0.25, 0.3) is 0 Å². The number of amides is 1. The maximum absolute atomic E-state index is 11.6. The van der Waals surface area contributed by atoms with Crippen molar-refractivity contribution in [1.82, 2.24) is 15.3 Å². The summed E-state index contributed by atoms with van der Waals surface area (Å²) in [4.78, 5) is 19.5. The first-order chi connectivity index (χ1) is 7.49. The number of halogens is 1. The Morgan fingerprint density at radius 2 is 2.06 bits per heavy atom. The van der Waals surface area contributed by atoms with E-state index in [9.17, 15) is 4.79 Å². The van der Waals surface area contributed by atoms with Gasteiger partial charge in [0.05, 0.1) is 0 Å². The first-order valence-corrected chi connectivity index (χ1v) is 5.83. The van der Waals surface area contributed by atoms with Crippen LogP contribution in [0.3, 0.4) is 0 Å². The van der Waals surface area contributed by atoms with Crippen LogP contribution in [0.15, 0.2) is 17.0 Å². The summed E-state index contributed by atoms with van der Waals surface area (Å²) in [6, 6.07) is 1.53. The maximum Gasteiger partial charge on any atom is 0.242 e. The summed E-state index contributed by atoms with van der Waals surface area (Å²) in [5.74, 6) is 0.568. The van der Waals surface area contributed by atoms with Crippen molar-refractivity contribution >= 4 is 27.7 Å². The third kappa shape index (κ3) is 4.14. The van der Waals surface area contributed by atoms with Crippen LogP contribution in [0.4, 0.5) is 5.82 Å². The van der Waals surface area contributed by atoms with E-state index in [1.54, 1.807) is 13.0 Å². The van der Waals surface area contributed by atoms with E-state index in [0.29, 0.717) is 10.4 Å². The molecular weight excluding hydrogens is 272 g/mol. The van der Waals surface area contributed by atoms with Crippen LogP contribution in [0.5, 0.6) is 0 Å². The second-order valence-electron chi connectivity index (χ2n) is 3.76. The van der Waals surface area contributed by atoms with Gasteiger partial charge in [0.2, 0.25) is 5.91 Å². The molecule has 0 saturated carbocycles. The van der Waals surface area contributed by atoms with Gasteiger partial charge in [0, 0.05) is 12.1 Å². The highest BCUT2D eigenvalue weighted by Gasteiger charge is 2.13. The lowest BCUT2D eigenvalue weighted by molar-refractivity contribution is -0.122. The number of anilines is 1. The zero-order valence-corrected chi connectivity index (χ0v) is 11.1. The van der Waals surface area contributed by atoms with Gasteiger partial charge in [0.1, 0.15) is 22.8 Å². The molecule has 0 spiro atoms. The maximum atomic E-state index is 11.6. The Hall–Kier alpha value is -1.17. The van der Waals surface area contributed by atoms with Gasteiger partial charge < -0.3 is 10.6 Å². The van der Waals surface area contributed by atoms with Gasteiger partial charge >= 0.3 is 0 Å². The van der Waals surface area contributed by atoms with Crippen molar-refractivity contribution in [3.05, 3.63) is 17.0 Å². The van der Waals surface area contributed by atoms with Crippen molar-refractivity contribution in [3.63, 3.8) is 0 Å². The van der Waals surface area contributed by atoms with E-state index in [-0.39, 0.29) is 18.0 Å². The van der Waals surface area contributed by atoms with Crippen LogP contribution >= 0.6 is 15.9 Å². The van der Waals surface area contributed by atoms with E-state index in [1.807, 2.05) is 13.8 Å². The number of nitrogens with one attached hydrogen (secondary N) is 2. The van der Waals surface area contributed by atoms with Crippen molar-refractivity contribution in [2.45, 2.75) is 32.9 Å². The fraction of sp³-hybridized carbons (Fsp3) is 0.500. The van der Waals surface area contributed by atoms with Crippen LogP contribution in [0, 0.1) is 0 Å². The molecule has 2 N–H and O–H groups in total. The van der Waals surface area contributed by atoms with Crippen LogP contribution in [-0.2, 0) is 4.79 Å². The first kappa shape index (κ1) is 12.9. The zero-order valence-electron chi connectivity index (χ0n) is 9.49. The third-order valence-electron chi connectivity index (χ3n) is 1.82. The molecule has 0 aliphatic heterocycles. The average Bonchev–Trinajstić information content (AvgIpc) is 2.16. The number of carbonyl (C=O) groups is 1. The molecular formula is C10H15BrN4O. The van der Waals surface area contributed by atoms with E-state index in [2.05, 4.69) is 36.5 Å². The predicted molar refractivity (Wildman–Crippen MR) is 66.1 cm³/mol. The van der Waals surface area contributed by atoms with Crippen LogP contribution in [-0.4, -0.2) is 28.0 Å². The van der Waals surface area contributed by atoms with E-state index in [0.717, 1.165) is 0 Å². The largest absolute Gasteiger partial charge is 0.358 e. The summed E-state index contributed by atoms with van der Waals surface area (Å²) in [5.41, 5.74) is 0. The van der Waals surface area contributed by atoms with Gasteiger partial charge in [0.25, 0.3) is 0 Å². The van der Waals surface area contributed by atoms with Gasteiger partial charge in [-0.3, -0.25) is 4.79 Å². The molecule has 0 aliphatic carbocycles. The van der Waals surface area contributed by atoms with Crippen molar-refractivity contribution in [1.29, 1.82) is 0 Å². The fourth-order valence-corrected chi connectivity index (χ4v) is 1.42. The van der Waals surface area contributed by atoms with E-state index < -0.39 is 0 Å². The Kier molecular flexibility index (Phi) is 4.67. The Morgan fingerprint density at radius 3 is 2.62 bits per heavy atom.